The van der Waals surface area contributed by atoms with Crippen molar-refractivity contribution in [2.75, 3.05) is 25.0 Å². The van der Waals surface area contributed by atoms with Crippen LogP contribution in [-0.4, -0.2) is 45.7 Å². The maximum Gasteiger partial charge on any atom is 0.416 e. The molecule has 1 aliphatic heterocycles. The molecule has 3 aromatic rings. The van der Waals surface area contributed by atoms with E-state index in [2.05, 4.69) is 0 Å². The molecule has 38 heavy (non-hydrogen) atoms. The van der Waals surface area contributed by atoms with Crippen LogP contribution in [0.5, 0.6) is 0 Å². The van der Waals surface area contributed by atoms with Crippen molar-refractivity contribution in [1.29, 1.82) is 0 Å². The minimum absolute atomic E-state index is 0.104. The van der Waals surface area contributed by atoms with Crippen molar-refractivity contribution in [3.8, 4) is 5.69 Å². The van der Waals surface area contributed by atoms with Crippen LogP contribution < -0.4 is 10.5 Å². The van der Waals surface area contributed by atoms with E-state index in [0.717, 1.165) is 36.4 Å². The summed E-state index contributed by atoms with van der Waals surface area (Å²) in [6.07, 6.45) is -0.252. The van der Waals surface area contributed by atoms with Gasteiger partial charge in [0, 0.05) is 43.9 Å². The normalized spacial score (nSPS) is 15.6. The first kappa shape index (κ1) is 26.3. The molecule has 1 saturated carbocycles. The van der Waals surface area contributed by atoms with E-state index >= 15 is 0 Å². The molecule has 1 fully saturated rings. The van der Waals surface area contributed by atoms with Crippen LogP contribution in [0.15, 0.2) is 64.5 Å². The summed E-state index contributed by atoms with van der Waals surface area (Å²) in [5.74, 6) is -0.104. The quantitative estimate of drug-likeness (QED) is 0.379. The number of alkyl halides is 3. The van der Waals surface area contributed by atoms with Crippen molar-refractivity contribution in [2.45, 2.75) is 55.2 Å². The van der Waals surface area contributed by atoms with E-state index in [-0.39, 0.29) is 24.4 Å². The number of benzene rings is 2. The lowest BCUT2D eigenvalue weighted by Crippen LogP contribution is -2.42. The molecule has 200 valence electrons. The Kier molecular flexibility index (Phi) is 7.52. The topological polar surface area (TPSA) is 58.4 Å². The SMILES string of the molecule is CN(CCC(=O)N1CCc2nc(SC3CCC3)n(-c3ccccc3)c(=O)c2C1)c1ccc(C(F)(F)F)cc1. The fourth-order valence-electron chi connectivity index (χ4n) is 4.64. The molecular weight excluding hydrogens is 513 g/mol. The first-order chi connectivity index (χ1) is 18.2. The highest BCUT2D eigenvalue weighted by Gasteiger charge is 2.31. The Labute approximate surface area is 223 Å². The van der Waals surface area contributed by atoms with Gasteiger partial charge in [0.05, 0.1) is 29.1 Å². The smallest absolute Gasteiger partial charge is 0.374 e. The number of para-hydroxylation sites is 1. The predicted octanol–water partition coefficient (Wildman–Crippen LogP) is 5.31. The van der Waals surface area contributed by atoms with Crippen molar-refractivity contribution in [1.82, 2.24) is 14.5 Å². The van der Waals surface area contributed by atoms with Crippen LogP contribution >= 0.6 is 11.8 Å². The molecule has 1 aliphatic carbocycles. The zero-order valence-electron chi connectivity index (χ0n) is 21.1. The van der Waals surface area contributed by atoms with Gasteiger partial charge >= 0.3 is 6.18 Å². The Morgan fingerprint density at radius 3 is 2.45 bits per heavy atom. The number of rotatable bonds is 7. The summed E-state index contributed by atoms with van der Waals surface area (Å²) in [5.41, 5.74) is 1.82. The second-order valence-electron chi connectivity index (χ2n) is 9.75. The van der Waals surface area contributed by atoms with E-state index in [1.54, 1.807) is 33.2 Å². The predicted molar refractivity (Wildman–Crippen MR) is 142 cm³/mol. The van der Waals surface area contributed by atoms with Gasteiger partial charge in [0.25, 0.3) is 5.56 Å². The van der Waals surface area contributed by atoms with E-state index in [0.29, 0.717) is 41.2 Å². The van der Waals surface area contributed by atoms with Crippen LogP contribution in [0.4, 0.5) is 18.9 Å². The van der Waals surface area contributed by atoms with E-state index in [4.69, 9.17) is 4.98 Å². The van der Waals surface area contributed by atoms with Crippen LogP contribution in [0.25, 0.3) is 5.69 Å². The number of nitrogens with zero attached hydrogens (tertiary/aromatic N) is 4. The molecule has 10 heteroatoms. The van der Waals surface area contributed by atoms with Crippen LogP contribution in [0, 0.1) is 0 Å². The number of amides is 1. The summed E-state index contributed by atoms with van der Waals surface area (Å²) in [6.45, 7) is 1.02. The van der Waals surface area contributed by atoms with E-state index in [1.165, 1.54) is 18.6 Å². The van der Waals surface area contributed by atoms with Crippen molar-refractivity contribution < 1.29 is 18.0 Å². The third-order valence-electron chi connectivity index (χ3n) is 7.19. The fraction of sp³-hybridized carbons (Fsp3) is 0.393. The molecule has 2 aromatic carbocycles. The van der Waals surface area contributed by atoms with E-state index in [9.17, 15) is 22.8 Å². The van der Waals surface area contributed by atoms with Gasteiger partial charge in [-0.25, -0.2) is 4.98 Å². The lowest BCUT2D eigenvalue weighted by atomic mass is 10.0. The van der Waals surface area contributed by atoms with Crippen molar-refractivity contribution >= 4 is 23.4 Å². The number of carbonyl (C=O) groups is 1. The average Bonchev–Trinajstić information content (AvgIpc) is 2.89. The summed E-state index contributed by atoms with van der Waals surface area (Å²) < 4.78 is 40.2. The molecule has 1 aromatic heterocycles. The molecule has 0 spiro atoms. The van der Waals surface area contributed by atoms with Gasteiger partial charge in [0.2, 0.25) is 5.91 Å². The van der Waals surface area contributed by atoms with Crippen molar-refractivity contribution in [3.63, 3.8) is 0 Å². The highest BCUT2D eigenvalue weighted by Crippen LogP contribution is 2.36. The van der Waals surface area contributed by atoms with Crippen LogP contribution in [0.1, 0.15) is 42.5 Å². The van der Waals surface area contributed by atoms with Gasteiger partial charge in [-0.15, -0.1) is 0 Å². The fourth-order valence-corrected chi connectivity index (χ4v) is 5.97. The van der Waals surface area contributed by atoms with Gasteiger partial charge in [-0.05, 0) is 49.2 Å². The lowest BCUT2D eigenvalue weighted by molar-refractivity contribution is -0.137. The van der Waals surface area contributed by atoms with Crippen LogP contribution in [0.3, 0.4) is 0 Å². The zero-order chi connectivity index (χ0) is 26.9. The summed E-state index contributed by atoms with van der Waals surface area (Å²) in [5, 5.41) is 1.18. The summed E-state index contributed by atoms with van der Waals surface area (Å²) in [7, 11) is 1.74. The number of anilines is 1. The van der Waals surface area contributed by atoms with Crippen LogP contribution in [-0.2, 0) is 23.9 Å². The molecule has 0 unspecified atom stereocenters. The minimum atomic E-state index is -4.39. The maximum atomic E-state index is 13.7. The number of hydrogen-bond donors (Lipinski definition) is 0. The summed E-state index contributed by atoms with van der Waals surface area (Å²) >= 11 is 1.66. The summed E-state index contributed by atoms with van der Waals surface area (Å²) in [4.78, 5) is 35.1. The number of carbonyl (C=O) groups excluding carboxylic acids is 1. The van der Waals surface area contributed by atoms with Gasteiger partial charge in [-0.2, -0.15) is 13.2 Å². The molecule has 0 radical (unpaired) electrons. The Hall–Kier alpha value is -3.27. The lowest BCUT2D eigenvalue weighted by Gasteiger charge is -2.31. The molecular formula is C28H29F3N4O2S. The second-order valence-corrected chi connectivity index (χ2v) is 11.0. The minimum Gasteiger partial charge on any atom is -0.374 e. The third kappa shape index (κ3) is 5.60. The molecule has 0 bridgehead atoms. The first-order valence-corrected chi connectivity index (χ1v) is 13.6. The molecule has 1 amide bonds. The average molecular weight is 543 g/mol. The highest BCUT2D eigenvalue weighted by molar-refractivity contribution is 7.99. The van der Waals surface area contributed by atoms with E-state index in [1.807, 2.05) is 30.3 Å². The molecule has 5 rings (SSSR count). The number of thioether (sulfide) groups is 1. The number of halogens is 3. The van der Waals surface area contributed by atoms with E-state index < -0.39 is 11.7 Å². The largest absolute Gasteiger partial charge is 0.416 e. The Morgan fingerprint density at radius 1 is 1.11 bits per heavy atom. The number of fused-ring (bicyclic) bond motifs is 1. The van der Waals surface area contributed by atoms with Gasteiger partial charge in [-0.1, -0.05) is 36.4 Å². The maximum absolute atomic E-state index is 13.7. The Morgan fingerprint density at radius 2 is 1.82 bits per heavy atom. The zero-order valence-corrected chi connectivity index (χ0v) is 21.9. The molecule has 6 nitrogen and oxygen atoms in total. The molecule has 2 heterocycles. The van der Waals surface area contributed by atoms with Gasteiger partial charge in [0.1, 0.15) is 0 Å². The van der Waals surface area contributed by atoms with Crippen LogP contribution in [0.2, 0.25) is 0 Å². The van der Waals surface area contributed by atoms with Crippen molar-refractivity contribution in [2.24, 2.45) is 0 Å². The molecule has 0 N–H and O–H groups in total. The Bertz CT molecular complexity index is 1360. The Balaban J connectivity index is 1.30. The first-order valence-electron chi connectivity index (χ1n) is 12.7. The number of hydrogen-bond acceptors (Lipinski definition) is 5. The highest BCUT2D eigenvalue weighted by atomic mass is 32.2. The molecule has 0 atom stereocenters. The molecule has 2 aliphatic rings. The third-order valence-corrected chi connectivity index (χ3v) is 8.48. The van der Waals surface area contributed by atoms with Gasteiger partial charge in [0.15, 0.2) is 5.16 Å². The van der Waals surface area contributed by atoms with Gasteiger partial charge < -0.3 is 9.80 Å². The molecule has 0 saturated heterocycles. The summed E-state index contributed by atoms with van der Waals surface area (Å²) in [6, 6.07) is 14.4. The monoisotopic (exact) mass is 542 g/mol. The number of aromatic nitrogens is 2. The standard InChI is InChI=1S/C28H29F3N4O2S/c1-33(20-12-10-19(11-13-20)28(29,30)31)16-15-25(36)34-17-14-24-23(18-34)26(37)35(21-6-3-2-4-7-21)27(32-24)38-22-8-5-9-22/h2-4,6-7,10-13,22H,5,8-9,14-18H2,1H3. The van der Waals surface area contributed by atoms with Gasteiger partial charge in [-0.3, -0.25) is 14.2 Å². The second kappa shape index (κ2) is 10.8. The van der Waals surface area contributed by atoms with Crippen molar-refractivity contribution in [3.05, 3.63) is 81.8 Å².